The third kappa shape index (κ3) is 2.33. The number of rotatable bonds is 6. The van der Waals surface area contributed by atoms with Crippen LogP contribution in [0.3, 0.4) is 0 Å². The van der Waals surface area contributed by atoms with E-state index in [4.69, 9.17) is 9.47 Å². The topological polar surface area (TPSA) is 122 Å². The van der Waals surface area contributed by atoms with Gasteiger partial charge in [-0.15, -0.1) is 11.8 Å². The third-order valence-corrected chi connectivity index (χ3v) is 4.73. The highest BCUT2D eigenvalue weighted by Crippen LogP contribution is 2.46. The Hall–Kier alpha value is -2.07. The molecule has 120 valence electrons. The molecule has 0 radical (unpaired) electrons. The molecule has 22 heavy (non-hydrogen) atoms. The standard InChI is InChI=1S/C12H14N2O7S/c1-6(16)21-3-7-4-22-11-12(20-2,13-5-15)10(19)14(11)8(7)9(17)18/h5,11H,3-4H2,1-2H3,(H,13,15)(H,17,18)/t11-,12+/m1/s1. The summed E-state index contributed by atoms with van der Waals surface area (Å²) in [6, 6.07) is 0. The molecule has 2 rings (SSSR count). The van der Waals surface area contributed by atoms with E-state index in [0.717, 1.165) is 4.90 Å². The Morgan fingerprint density at radius 3 is 2.77 bits per heavy atom. The van der Waals surface area contributed by atoms with Crippen LogP contribution in [-0.4, -0.2) is 64.8 Å². The number of hydrogen-bond acceptors (Lipinski definition) is 7. The SMILES string of the molecule is CO[C@@]1(NC=O)C(=O)N2C(C(=O)O)=C(COC(C)=O)CS[C@@H]21. The maximum absolute atomic E-state index is 12.3. The smallest absolute Gasteiger partial charge is 0.352 e. The average Bonchev–Trinajstić information content (AvgIpc) is 2.48. The number of esters is 1. The molecule has 0 unspecified atom stereocenters. The summed E-state index contributed by atoms with van der Waals surface area (Å²) in [4.78, 5) is 46.4. The van der Waals surface area contributed by atoms with Crippen molar-refractivity contribution < 1.29 is 33.8 Å². The van der Waals surface area contributed by atoms with Crippen LogP contribution in [0.15, 0.2) is 11.3 Å². The van der Waals surface area contributed by atoms with Crippen molar-refractivity contribution in [3.8, 4) is 0 Å². The number of β-lactam (4-membered cyclic amide) rings is 1. The fraction of sp³-hybridized carbons (Fsp3) is 0.500. The minimum Gasteiger partial charge on any atom is -0.477 e. The number of hydrogen-bond donors (Lipinski definition) is 2. The van der Waals surface area contributed by atoms with Crippen LogP contribution in [0.5, 0.6) is 0 Å². The van der Waals surface area contributed by atoms with Crippen molar-refractivity contribution in [3.05, 3.63) is 11.3 Å². The molecule has 0 spiro atoms. The Bertz CT molecular complexity index is 576. The molecule has 2 atom stereocenters. The lowest BCUT2D eigenvalue weighted by molar-refractivity contribution is -0.190. The molecule has 0 aromatic heterocycles. The van der Waals surface area contributed by atoms with Crippen molar-refractivity contribution in [2.24, 2.45) is 0 Å². The molecule has 2 N–H and O–H groups in total. The minimum atomic E-state index is -1.57. The predicted octanol–water partition coefficient (Wildman–Crippen LogP) is -1.11. The van der Waals surface area contributed by atoms with E-state index >= 15 is 0 Å². The molecule has 2 aliphatic heterocycles. The average molecular weight is 330 g/mol. The number of carboxylic acids is 1. The molecular formula is C12H14N2O7S. The number of aliphatic carboxylic acids is 1. The quantitative estimate of drug-likeness (QED) is 0.272. The van der Waals surface area contributed by atoms with E-state index in [9.17, 15) is 24.3 Å². The Kier molecular flexibility index (Phi) is 4.42. The number of carbonyl (C=O) groups is 4. The zero-order chi connectivity index (χ0) is 16.5. The largest absolute Gasteiger partial charge is 0.477 e. The van der Waals surface area contributed by atoms with Crippen molar-refractivity contribution in [1.29, 1.82) is 0 Å². The van der Waals surface area contributed by atoms with Gasteiger partial charge in [-0.05, 0) is 0 Å². The van der Waals surface area contributed by atoms with E-state index in [1.807, 2.05) is 0 Å². The van der Waals surface area contributed by atoms with Crippen LogP contribution in [0, 0.1) is 0 Å². The minimum absolute atomic E-state index is 0.207. The molecule has 10 heteroatoms. The van der Waals surface area contributed by atoms with Crippen LogP contribution < -0.4 is 5.32 Å². The Morgan fingerprint density at radius 1 is 1.59 bits per heavy atom. The summed E-state index contributed by atoms with van der Waals surface area (Å²) in [5.41, 5.74) is -1.50. The van der Waals surface area contributed by atoms with Crippen LogP contribution >= 0.6 is 11.8 Å². The van der Waals surface area contributed by atoms with Crippen LogP contribution in [0.25, 0.3) is 0 Å². The zero-order valence-corrected chi connectivity index (χ0v) is 12.6. The highest BCUT2D eigenvalue weighted by atomic mass is 32.2. The van der Waals surface area contributed by atoms with Gasteiger partial charge in [-0.25, -0.2) is 4.79 Å². The number of carbonyl (C=O) groups excluding carboxylic acids is 3. The molecule has 2 amide bonds. The number of fused-ring (bicyclic) bond motifs is 1. The van der Waals surface area contributed by atoms with E-state index in [1.54, 1.807) is 0 Å². The number of carboxylic acid groups (broad SMARTS) is 1. The van der Waals surface area contributed by atoms with Crippen LogP contribution in [0.2, 0.25) is 0 Å². The molecule has 0 aromatic carbocycles. The number of nitrogens with one attached hydrogen (secondary N) is 1. The molecular weight excluding hydrogens is 316 g/mol. The lowest BCUT2D eigenvalue weighted by Gasteiger charge is -2.55. The first-order valence-electron chi connectivity index (χ1n) is 6.19. The van der Waals surface area contributed by atoms with Gasteiger partial charge in [0, 0.05) is 25.4 Å². The fourth-order valence-electron chi connectivity index (χ4n) is 2.36. The van der Waals surface area contributed by atoms with Gasteiger partial charge in [0.05, 0.1) is 0 Å². The summed E-state index contributed by atoms with van der Waals surface area (Å²) in [7, 11) is 1.25. The molecule has 0 aromatic rings. The normalized spacial score (nSPS) is 26.9. The predicted molar refractivity (Wildman–Crippen MR) is 73.3 cm³/mol. The molecule has 9 nitrogen and oxygen atoms in total. The Labute approximate surface area is 129 Å². The Morgan fingerprint density at radius 2 is 2.27 bits per heavy atom. The lowest BCUT2D eigenvalue weighted by atomic mass is 9.98. The summed E-state index contributed by atoms with van der Waals surface area (Å²) in [5.74, 6) is -2.31. The van der Waals surface area contributed by atoms with Gasteiger partial charge in [0.2, 0.25) is 6.41 Å². The van der Waals surface area contributed by atoms with Crippen LogP contribution in [-0.2, 0) is 28.7 Å². The second-order valence-corrected chi connectivity index (χ2v) is 5.65. The van der Waals surface area contributed by atoms with Gasteiger partial charge in [-0.2, -0.15) is 0 Å². The van der Waals surface area contributed by atoms with Gasteiger partial charge < -0.3 is 19.9 Å². The van der Waals surface area contributed by atoms with Gasteiger partial charge in [0.1, 0.15) is 17.7 Å². The van der Waals surface area contributed by atoms with Gasteiger partial charge in [-0.1, -0.05) is 0 Å². The number of thioether (sulfide) groups is 1. The third-order valence-electron chi connectivity index (χ3n) is 3.36. The van der Waals surface area contributed by atoms with Crippen molar-refractivity contribution in [2.75, 3.05) is 19.5 Å². The van der Waals surface area contributed by atoms with Gasteiger partial charge >= 0.3 is 11.9 Å². The number of amides is 2. The molecule has 0 aliphatic carbocycles. The highest BCUT2D eigenvalue weighted by Gasteiger charge is 2.66. The molecule has 1 saturated heterocycles. The summed E-state index contributed by atoms with van der Waals surface area (Å²) in [6.07, 6.45) is 0.331. The molecule has 2 heterocycles. The highest BCUT2D eigenvalue weighted by molar-refractivity contribution is 8.00. The second kappa shape index (κ2) is 5.97. The van der Waals surface area contributed by atoms with Crippen molar-refractivity contribution in [2.45, 2.75) is 18.0 Å². The summed E-state index contributed by atoms with van der Waals surface area (Å²) in [5, 5.41) is 11.0. The fourth-order valence-corrected chi connectivity index (χ4v) is 3.79. The van der Waals surface area contributed by atoms with Crippen molar-refractivity contribution in [1.82, 2.24) is 10.2 Å². The molecule has 2 aliphatic rings. The summed E-state index contributed by atoms with van der Waals surface area (Å²) < 4.78 is 9.92. The summed E-state index contributed by atoms with van der Waals surface area (Å²) >= 11 is 1.22. The van der Waals surface area contributed by atoms with Crippen molar-refractivity contribution in [3.63, 3.8) is 0 Å². The number of nitrogens with zero attached hydrogens (tertiary/aromatic N) is 1. The van der Waals surface area contributed by atoms with Gasteiger partial charge in [-0.3, -0.25) is 19.3 Å². The molecule has 0 bridgehead atoms. The molecule has 1 fully saturated rings. The maximum Gasteiger partial charge on any atom is 0.352 e. The Balaban J connectivity index is 2.33. The van der Waals surface area contributed by atoms with Gasteiger partial charge in [0.15, 0.2) is 0 Å². The lowest BCUT2D eigenvalue weighted by Crippen LogP contribution is -2.79. The van der Waals surface area contributed by atoms with Gasteiger partial charge in [0.25, 0.3) is 11.6 Å². The zero-order valence-electron chi connectivity index (χ0n) is 11.8. The second-order valence-electron chi connectivity index (χ2n) is 4.58. The monoisotopic (exact) mass is 330 g/mol. The van der Waals surface area contributed by atoms with E-state index in [2.05, 4.69) is 5.32 Å². The van der Waals surface area contributed by atoms with Crippen LogP contribution in [0.4, 0.5) is 0 Å². The maximum atomic E-state index is 12.3. The molecule has 0 saturated carbocycles. The van der Waals surface area contributed by atoms with E-state index < -0.39 is 28.9 Å². The van der Waals surface area contributed by atoms with E-state index in [0.29, 0.717) is 12.0 Å². The van der Waals surface area contributed by atoms with Crippen molar-refractivity contribution >= 4 is 36.0 Å². The summed E-state index contributed by atoms with van der Waals surface area (Å²) in [6.45, 7) is 1.00. The first kappa shape index (κ1) is 16.3. The van der Waals surface area contributed by atoms with E-state index in [-0.39, 0.29) is 18.1 Å². The first-order valence-corrected chi connectivity index (χ1v) is 7.24. The first-order chi connectivity index (χ1) is 10.4. The van der Waals surface area contributed by atoms with Crippen LogP contribution in [0.1, 0.15) is 6.92 Å². The number of ether oxygens (including phenoxy) is 2. The van der Waals surface area contributed by atoms with E-state index in [1.165, 1.54) is 25.8 Å². The number of methoxy groups -OCH3 is 1.